The summed E-state index contributed by atoms with van der Waals surface area (Å²) in [6.45, 7) is 0. The second-order valence-corrected chi connectivity index (χ2v) is 6.98. The van der Waals surface area contributed by atoms with Crippen molar-refractivity contribution >= 4 is 38.9 Å². The van der Waals surface area contributed by atoms with Gasteiger partial charge in [-0.15, -0.1) is 0 Å². The van der Waals surface area contributed by atoms with Crippen LogP contribution >= 0.6 is 15.9 Å². The molecule has 0 unspecified atom stereocenters. The number of fused-ring (bicyclic) bond motifs is 1. The van der Waals surface area contributed by atoms with Crippen LogP contribution in [0.3, 0.4) is 0 Å². The number of benzene rings is 3. The van der Waals surface area contributed by atoms with E-state index in [0.717, 1.165) is 32.3 Å². The highest BCUT2D eigenvalue weighted by molar-refractivity contribution is 9.10. The summed E-state index contributed by atoms with van der Waals surface area (Å²) in [7, 11) is 1.64. The molecular formula is C22H17BrN4O. The van der Waals surface area contributed by atoms with E-state index in [1.807, 2.05) is 72.8 Å². The van der Waals surface area contributed by atoms with Crippen LogP contribution in [-0.4, -0.2) is 23.3 Å². The van der Waals surface area contributed by atoms with Gasteiger partial charge >= 0.3 is 0 Å². The van der Waals surface area contributed by atoms with E-state index in [1.54, 1.807) is 13.3 Å². The number of methoxy groups -OCH3 is 1. The molecule has 4 rings (SSSR count). The van der Waals surface area contributed by atoms with Gasteiger partial charge in [0.15, 0.2) is 11.6 Å². The van der Waals surface area contributed by atoms with E-state index >= 15 is 0 Å². The van der Waals surface area contributed by atoms with Gasteiger partial charge in [0, 0.05) is 15.4 Å². The maximum Gasteiger partial charge on any atom is 0.162 e. The van der Waals surface area contributed by atoms with Crippen molar-refractivity contribution in [2.45, 2.75) is 0 Å². The van der Waals surface area contributed by atoms with Crippen molar-refractivity contribution in [1.82, 2.24) is 9.97 Å². The first-order valence-corrected chi connectivity index (χ1v) is 9.48. The summed E-state index contributed by atoms with van der Waals surface area (Å²) in [5, 5.41) is 5.27. The summed E-state index contributed by atoms with van der Waals surface area (Å²) < 4.78 is 6.26. The highest BCUT2D eigenvalue weighted by atomic mass is 79.9. The van der Waals surface area contributed by atoms with Gasteiger partial charge in [0.2, 0.25) is 0 Å². The first-order chi connectivity index (χ1) is 13.7. The van der Waals surface area contributed by atoms with Crippen molar-refractivity contribution in [3.63, 3.8) is 0 Å². The molecule has 1 aromatic heterocycles. The molecule has 1 heterocycles. The zero-order valence-electron chi connectivity index (χ0n) is 15.1. The molecule has 0 spiro atoms. The van der Waals surface area contributed by atoms with E-state index < -0.39 is 0 Å². The number of aromatic nitrogens is 2. The van der Waals surface area contributed by atoms with Gasteiger partial charge in [-0.1, -0.05) is 52.3 Å². The lowest BCUT2D eigenvalue weighted by Crippen LogP contribution is -1.99. The van der Waals surface area contributed by atoms with Crippen LogP contribution in [0.1, 0.15) is 5.56 Å². The molecule has 138 valence electrons. The number of nitrogens with one attached hydrogen (secondary N) is 1. The first-order valence-electron chi connectivity index (χ1n) is 8.69. The van der Waals surface area contributed by atoms with Crippen molar-refractivity contribution in [2.24, 2.45) is 5.10 Å². The Kier molecular flexibility index (Phi) is 5.30. The Morgan fingerprint density at radius 3 is 2.61 bits per heavy atom. The van der Waals surface area contributed by atoms with E-state index in [4.69, 9.17) is 4.74 Å². The van der Waals surface area contributed by atoms with Crippen LogP contribution in [0.15, 0.2) is 82.4 Å². The fourth-order valence-corrected chi connectivity index (χ4v) is 3.04. The maximum atomic E-state index is 5.24. The summed E-state index contributed by atoms with van der Waals surface area (Å²) in [5.74, 6) is 2.09. The van der Waals surface area contributed by atoms with E-state index in [1.165, 1.54) is 0 Å². The monoisotopic (exact) mass is 432 g/mol. The number of anilines is 1. The molecule has 0 saturated carbocycles. The molecule has 0 bridgehead atoms. The van der Waals surface area contributed by atoms with Crippen molar-refractivity contribution in [2.75, 3.05) is 12.5 Å². The molecule has 0 aliphatic rings. The fraction of sp³-hybridized carbons (Fsp3) is 0.0455. The van der Waals surface area contributed by atoms with E-state index in [-0.39, 0.29) is 0 Å². The molecule has 0 fully saturated rings. The highest BCUT2D eigenvalue weighted by Gasteiger charge is 2.09. The minimum atomic E-state index is 0.644. The molecule has 0 saturated heterocycles. The second kappa shape index (κ2) is 8.19. The number of para-hydroxylation sites is 1. The van der Waals surface area contributed by atoms with Gasteiger partial charge in [-0.25, -0.2) is 9.97 Å². The lowest BCUT2D eigenvalue weighted by molar-refractivity contribution is 0.415. The number of ether oxygens (including phenoxy) is 1. The maximum absolute atomic E-state index is 5.24. The van der Waals surface area contributed by atoms with Gasteiger partial charge in [0.1, 0.15) is 5.75 Å². The van der Waals surface area contributed by atoms with Crippen molar-refractivity contribution in [3.05, 3.63) is 82.8 Å². The molecule has 28 heavy (non-hydrogen) atoms. The van der Waals surface area contributed by atoms with Crippen LogP contribution in [-0.2, 0) is 0 Å². The molecule has 0 aliphatic carbocycles. The largest absolute Gasteiger partial charge is 0.497 e. The minimum Gasteiger partial charge on any atom is -0.497 e. The van der Waals surface area contributed by atoms with Gasteiger partial charge in [-0.3, -0.25) is 5.43 Å². The predicted molar refractivity (Wildman–Crippen MR) is 117 cm³/mol. The average Bonchev–Trinajstić information content (AvgIpc) is 2.74. The molecule has 0 aliphatic heterocycles. The SMILES string of the molecule is COc1cccc(C=NNc2nc(-c3ccc(Br)cc3)nc3ccccc23)c1. The summed E-state index contributed by atoms with van der Waals surface area (Å²) in [5.41, 5.74) is 5.79. The lowest BCUT2D eigenvalue weighted by Gasteiger charge is -2.08. The second-order valence-electron chi connectivity index (χ2n) is 6.07. The topological polar surface area (TPSA) is 59.4 Å². The Morgan fingerprint density at radius 2 is 1.79 bits per heavy atom. The molecule has 0 atom stereocenters. The molecule has 4 aromatic rings. The Hall–Kier alpha value is -3.25. The molecule has 0 radical (unpaired) electrons. The van der Waals surface area contributed by atoms with Crippen molar-refractivity contribution < 1.29 is 4.74 Å². The third-order valence-corrected chi connectivity index (χ3v) is 4.71. The Labute approximate surface area is 171 Å². The molecule has 3 aromatic carbocycles. The van der Waals surface area contributed by atoms with Gasteiger partial charge in [-0.05, 0) is 42.0 Å². The lowest BCUT2D eigenvalue weighted by atomic mass is 10.2. The molecule has 1 N–H and O–H groups in total. The summed E-state index contributed by atoms with van der Waals surface area (Å²) in [6, 6.07) is 23.5. The van der Waals surface area contributed by atoms with Crippen LogP contribution in [0.5, 0.6) is 5.75 Å². The minimum absolute atomic E-state index is 0.644. The van der Waals surface area contributed by atoms with E-state index in [2.05, 4.69) is 36.4 Å². The van der Waals surface area contributed by atoms with E-state index in [9.17, 15) is 0 Å². The number of hydrogen-bond acceptors (Lipinski definition) is 5. The molecule has 6 heteroatoms. The Morgan fingerprint density at radius 1 is 0.964 bits per heavy atom. The molecule has 0 amide bonds. The van der Waals surface area contributed by atoms with Crippen LogP contribution in [0.2, 0.25) is 0 Å². The number of rotatable bonds is 5. The smallest absolute Gasteiger partial charge is 0.162 e. The van der Waals surface area contributed by atoms with Crippen LogP contribution in [0.25, 0.3) is 22.3 Å². The predicted octanol–water partition coefficient (Wildman–Crippen LogP) is 5.51. The summed E-state index contributed by atoms with van der Waals surface area (Å²) >= 11 is 3.46. The van der Waals surface area contributed by atoms with Gasteiger partial charge in [0.05, 0.1) is 18.8 Å². The van der Waals surface area contributed by atoms with Crippen LogP contribution in [0.4, 0.5) is 5.82 Å². The Balaban J connectivity index is 1.68. The van der Waals surface area contributed by atoms with Gasteiger partial charge in [0.25, 0.3) is 0 Å². The quantitative estimate of drug-likeness (QED) is 0.333. The van der Waals surface area contributed by atoms with Crippen LogP contribution in [0, 0.1) is 0 Å². The number of nitrogens with zero attached hydrogens (tertiary/aromatic N) is 3. The standard InChI is InChI=1S/C22H17BrN4O/c1-28-18-6-4-5-15(13-18)14-24-27-22-19-7-2-3-8-20(19)25-21(26-22)16-9-11-17(23)12-10-16/h2-14H,1H3,(H,25,26,27). The third kappa shape index (κ3) is 4.02. The highest BCUT2D eigenvalue weighted by Crippen LogP contribution is 2.25. The van der Waals surface area contributed by atoms with Gasteiger partial charge in [-0.2, -0.15) is 5.10 Å². The number of hydrogen-bond donors (Lipinski definition) is 1. The number of halogens is 1. The normalized spacial score (nSPS) is 11.1. The Bertz CT molecular complexity index is 1140. The zero-order chi connectivity index (χ0) is 19.3. The van der Waals surface area contributed by atoms with Crippen molar-refractivity contribution in [3.8, 4) is 17.1 Å². The third-order valence-electron chi connectivity index (χ3n) is 4.18. The molecule has 5 nitrogen and oxygen atoms in total. The van der Waals surface area contributed by atoms with Crippen molar-refractivity contribution in [1.29, 1.82) is 0 Å². The molecular weight excluding hydrogens is 416 g/mol. The van der Waals surface area contributed by atoms with E-state index in [0.29, 0.717) is 11.6 Å². The summed E-state index contributed by atoms with van der Waals surface area (Å²) in [6.07, 6.45) is 1.73. The van der Waals surface area contributed by atoms with Crippen LogP contribution < -0.4 is 10.2 Å². The fourth-order valence-electron chi connectivity index (χ4n) is 2.78. The summed E-state index contributed by atoms with van der Waals surface area (Å²) in [4.78, 5) is 9.38. The number of hydrazone groups is 1. The zero-order valence-corrected chi connectivity index (χ0v) is 16.7. The first kappa shape index (κ1) is 18.1. The van der Waals surface area contributed by atoms with Gasteiger partial charge < -0.3 is 4.74 Å². The average molecular weight is 433 g/mol.